The van der Waals surface area contributed by atoms with Crippen LogP contribution in [0.25, 0.3) is 11.3 Å². The number of aromatic nitrogens is 1. The number of benzene rings is 1. The molecule has 2 aliphatic rings. The third-order valence-electron chi connectivity index (χ3n) is 6.35. The van der Waals surface area contributed by atoms with Crippen LogP contribution in [0.1, 0.15) is 56.5 Å². The van der Waals surface area contributed by atoms with E-state index in [1.165, 1.54) is 0 Å². The standard InChI is InChI=1S/C23H30N4O2S/c1-15(24-2)21(28)25-18-11-7-6-10-17-12-13-20(27(17)23(18)29)22-26-19(14-30-22)16-8-4-3-5-9-16/h3-5,8-9,14-15,17-18,20,24H,6-7,10-13H2,1-2H3,(H,25,28)/t15-,17-,18-,20-/m0/s1. The molecule has 6 nitrogen and oxygen atoms in total. The Morgan fingerprint density at radius 1 is 1.17 bits per heavy atom. The van der Waals surface area contributed by atoms with E-state index in [1.807, 2.05) is 30.0 Å². The highest BCUT2D eigenvalue weighted by atomic mass is 32.1. The van der Waals surface area contributed by atoms with E-state index in [0.717, 1.165) is 48.4 Å². The van der Waals surface area contributed by atoms with Crippen LogP contribution in [0, 0.1) is 0 Å². The summed E-state index contributed by atoms with van der Waals surface area (Å²) in [5.41, 5.74) is 2.06. The number of amides is 2. The minimum absolute atomic E-state index is 0.00388. The Labute approximate surface area is 182 Å². The fourth-order valence-corrected chi connectivity index (χ4v) is 5.48. The number of carbonyl (C=O) groups excluding carboxylic acids is 2. The Morgan fingerprint density at radius 2 is 1.93 bits per heavy atom. The van der Waals surface area contributed by atoms with Crippen molar-refractivity contribution in [1.82, 2.24) is 20.5 Å². The monoisotopic (exact) mass is 426 g/mol. The van der Waals surface area contributed by atoms with Crippen LogP contribution in [0.3, 0.4) is 0 Å². The second-order valence-corrected chi connectivity index (χ2v) is 9.18. The first kappa shape index (κ1) is 21.0. The summed E-state index contributed by atoms with van der Waals surface area (Å²) < 4.78 is 0. The maximum atomic E-state index is 13.6. The van der Waals surface area contributed by atoms with Gasteiger partial charge in [-0.25, -0.2) is 4.98 Å². The fourth-order valence-electron chi connectivity index (χ4n) is 4.52. The van der Waals surface area contributed by atoms with E-state index >= 15 is 0 Å². The van der Waals surface area contributed by atoms with Crippen molar-refractivity contribution in [2.75, 3.05) is 7.05 Å². The largest absolute Gasteiger partial charge is 0.343 e. The van der Waals surface area contributed by atoms with Crippen LogP contribution in [-0.4, -0.2) is 46.9 Å². The molecule has 1 aromatic carbocycles. The number of hydrogen-bond acceptors (Lipinski definition) is 5. The Kier molecular flexibility index (Phi) is 6.49. The molecule has 0 unspecified atom stereocenters. The highest BCUT2D eigenvalue weighted by Crippen LogP contribution is 2.41. The van der Waals surface area contributed by atoms with E-state index in [2.05, 4.69) is 28.1 Å². The lowest BCUT2D eigenvalue weighted by Crippen LogP contribution is -2.54. The molecule has 7 heteroatoms. The number of likely N-dealkylation sites (N-methyl/N-ethyl adjacent to an activating group) is 1. The molecule has 2 aromatic rings. The van der Waals surface area contributed by atoms with Crippen LogP contribution in [-0.2, 0) is 9.59 Å². The predicted octanol–water partition coefficient (Wildman–Crippen LogP) is 3.51. The van der Waals surface area contributed by atoms with Crippen LogP contribution in [0.4, 0.5) is 0 Å². The molecule has 0 radical (unpaired) electrons. The number of nitrogens with zero attached hydrogens (tertiary/aromatic N) is 2. The maximum Gasteiger partial charge on any atom is 0.245 e. The molecule has 2 saturated heterocycles. The SMILES string of the molecule is CN[C@@H](C)C(=O)N[C@H]1CCCC[C@H]2CC[C@@H](c3nc(-c4ccccc4)cs3)N2C1=O. The number of hydrogen-bond donors (Lipinski definition) is 2. The van der Waals surface area contributed by atoms with Crippen molar-refractivity contribution >= 4 is 23.2 Å². The minimum Gasteiger partial charge on any atom is -0.343 e. The lowest BCUT2D eigenvalue weighted by Gasteiger charge is -2.35. The molecule has 2 fully saturated rings. The van der Waals surface area contributed by atoms with Crippen molar-refractivity contribution < 1.29 is 9.59 Å². The number of thiazole rings is 1. The predicted molar refractivity (Wildman–Crippen MR) is 119 cm³/mol. The van der Waals surface area contributed by atoms with Crippen molar-refractivity contribution in [3.63, 3.8) is 0 Å². The smallest absolute Gasteiger partial charge is 0.245 e. The third-order valence-corrected chi connectivity index (χ3v) is 7.30. The lowest BCUT2D eigenvalue weighted by atomic mass is 9.98. The van der Waals surface area contributed by atoms with Crippen molar-refractivity contribution in [2.24, 2.45) is 0 Å². The van der Waals surface area contributed by atoms with Crippen molar-refractivity contribution in [2.45, 2.75) is 69.6 Å². The Hall–Kier alpha value is -2.25. The zero-order chi connectivity index (χ0) is 21.1. The van der Waals surface area contributed by atoms with E-state index < -0.39 is 6.04 Å². The first-order valence-electron chi connectivity index (χ1n) is 10.9. The van der Waals surface area contributed by atoms with Crippen LogP contribution < -0.4 is 10.6 Å². The fraction of sp³-hybridized carbons (Fsp3) is 0.522. The number of rotatable bonds is 5. The molecule has 160 valence electrons. The minimum atomic E-state index is -0.453. The Balaban J connectivity index is 1.56. The highest BCUT2D eigenvalue weighted by Gasteiger charge is 2.42. The molecule has 1 aromatic heterocycles. The van der Waals surface area contributed by atoms with Gasteiger partial charge in [-0.05, 0) is 39.7 Å². The van der Waals surface area contributed by atoms with Gasteiger partial charge in [0.05, 0.1) is 17.8 Å². The molecule has 0 bridgehead atoms. The molecule has 4 rings (SSSR count). The molecule has 0 spiro atoms. The molecule has 2 N–H and O–H groups in total. The average molecular weight is 427 g/mol. The van der Waals surface area contributed by atoms with Crippen molar-refractivity contribution in [1.29, 1.82) is 0 Å². The Morgan fingerprint density at radius 3 is 2.70 bits per heavy atom. The molecule has 2 amide bonds. The molecule has 4 atom stereocenters. The van der Waals surface area contributed by atoms with Crippen LogP contribution >= 0.6 is 11.3 Å². The van der Waals surface area contributed by atoms with Gasteiger partial charge in [0.25, 0.3) is 0 Å². The molecule has 30 heavy (non-hydrogen) atoms. The summed E-state index contributed by atoms with van der Waals surface area (Å²) in [6.07, 6.45) is 5.73. The molecule has 2 aliphatic heterocycles. The molecule has 3 heterocycles. The maximum absolute atomic E-state index is 13.6. The van der Waals surface area contributed by atoms with Crippen LogP contribution in [0.15, 0.2) is 35.7 Å². The Bertz CT molecular complexity index is 884. The molecular weight excluding hydrogens is 396 g/mol. The summed E-state index contributed by atoms with van der Waals surface area (Å²) in [4.78, 5) is 32.9. The normalized spacial score (nSPS) is 25.3. The molecule has 0 aliphatic carbocycles. The third kappa shape index (κ3) is 4.27. The van der Waals surface area contributed by atoms with Gasteiger partial charge in [-0.15, -0.1) is 11.3 Å². The van der Waals surface area contributed by atoms with Crippen molar-refractivity contribution in [3.8, 4) is 11.3 Å². The average Bonchev–Trinajstić information content (AvgIpc) is 3.41. The van der Waals surface area contributed by atoms with Gasteiger partial charge in [0.1, 0.15) is 11.0 Å². The summed E-state index contributed by atoms with van der Waals surface area (Å²) >= 11 is 1.63. The zero-order valence-corrected chi connectivity index (χ0v) is 18.5. The number of fused-ring (bicyclic) bond motifs is 1. The van der Waals surface area contributed by atoms with Crippen LogP contribution in [0.2, 0.25) is 0 Å². The van der Waals surface area contributed by atoms with Crippen LogP contribution in [0.5, 0.6) is 0 Å². The van der Waals surface area contributed by atoms with Gasteiger partial charge >= 0.3 is 0 Å². The lowest BCUT2D eigenvalue weighted by molar-refractivity contribution is -0.140. The number of nitrogens with one attached hydrogen (secondary N) is 2. The first-order chi connectivity index (χ1) is 14.6. The summed E-state index contributed by atoms with van der Waals surface area (Å²) in [6.45, 7) is 1.81. The van der Waals surface area contributed by atoms with Gasteiger partial charge in [0, 0.05) is 17.0 Å². The molecular formula is C23H30N4O2S. The summed E-state index contributed by atoms with van der Waals surface area (Å²) in [5, 5.41) is 9.03. The first-order valence-corrected chi connectivity index (χ1v) is 11.8. The second-order valence-electron chi connectivity index (χ2n) is 8.29. The van der Waals surface area contributed by atoms with Gasteiger partial charge in [0.2, 0.25) is 11.8 Å². The van der Waals surface area contributed by atoms with Gasteiger partial charge in [0.15, 0.2) is 0 Å². The van der Waals surface area contributed by atoms with E-state index in [0.29, 0.717) is 6.42 Å². The van der Waals surface area contributed by atoms with Gasteiger partial charge in [-0.3, -0.25) is 9.59 Å². The molecule has 0 saturated carbocycles. The summed E-state index contributed by atoms with van der Waals surface area (Å²) in [6, 6.07) is 9.63. The number of carbonyl (C=O) groups is 2. The van der Waals surface area contributed by atoms with E-state index in [-0.39, 0.29) is 29.9 Å². The highest BCUT2D eigenvalue weighted by molar-refractivity contribution is 7.10. The van der Waals surface area contributed by atoms with Gasteiger partial charge in [-0.1, -0.05) is 43.2 Å². The quantitative estimate of drug-likeness (QED) is 0.767. The van der Waals surface area contributed by atoms with Crippen molar-refractivity contribution in [3.05, 3.63) is 40.7 Å². The van der Waals surface area contributed by atoms with Gasteiger partial charge < -0.3 is 15.5 Å². The topological polar surface area (TPSA) is 74.3 Å². The second kappa shape index (κ2) is 9.27. The van der Waals surface area contributed by atoms with E-state index in [4.69, 9.17) is 4.98 Å². The zero-order valence-electron chi connectivity index (χ0n) is 17.6. The van der Waals surface area contributed by atoms with E-state index in [1.54, 1.807) is 18.4 Å². The van der Waals surface area contributed by atoms with E-state index in [9.17, 15) is 9.59 Å². The summed E-state index contributed by atoms with van der Waals surface area (Å²) in [7, 11) is 1.75. The van der Waals surface area contributed by atoms with Gasteiger partial charge in [-0.2, -0.15) is 0 Å². The summed E-state index contributed by atoms with van der Waals surface area (Å²) in [5.74, 6) is -0.0698.